The molecule has 0 saturated heterocycles. The van der Waals surface area contributed by atoms with Gasteiger partial charge in [0.05, 0.1) is 0 Å². The summed E-state index contributed by atoms with van der Waals surface area (Å²) in [6, 6.07) is 3.77. The molecule has 1 saturated carbocycles. The number of Topliss-reactive ketones (excluding diaryl/α,β-unsaturated/α-hetero) is 1. The van der Waals surface area contributed by atoms with E-state index in [0.717, 1.165) is 24.1 Å². The fourth-order valence-corrected chi connectivity index (χ4v) is 3.13. The van der Waals surface area contributed by atoms with Gasteiger partial charge < -0.3 is 0 Å². The van der Waals surface area contributed by atoms with E-state index >= 15 is 0 Å². The molecule has 2 nitrogen and oxygen atoms in total. The minimum absolute atomic E-state index is 0.205. The fraction of sp³-hybridized carbons (Fsp3) is 0.600. The quantitative estimate of drug-likeness (QED) is 0.727. The lowest BCUT2D eigenvalue weighted by molar-refractivity contribution is 0.0835. The van der Waals surface area contributed by atoms with Crippen LogP contribution in [0.5, 0.6) is 0 Å². The second kappa shape index (κ2) is 4.99. The molecule has 17 heavy (non-hydrogen) atoms. The zero-order chi connectivity index (χ0) is 12.4. The number of hydrogen-bond donors (Lipinski definition) is 0. The molecule has 2 heteroatoms. The Bertz CT molecular complexity index is 403. The number of pyridine rings is 1. The molecule has 2 rings (SSSR count). The number of carbonyl (C=O) groups is 1. The summed E-state index contributed by atoms with van der Waals surface area (Å²) >= 11 is 0. The standard InChI is InChI=1S/C15H21NO/c1-10-7-11(2)9-13(8-10)15(17)14-5-4-6-16-12(14)3/h4-6,10-11,13H,7-9H2,1-3H3. The first kappa shape index (κ1) is 12.3. The van der Waals surface area contributed by atoms with E-state index in [4.69, 9.17) is 0 Å². The lowest BCUT2D eigenvalue weighted by Crippen LogP contribution is -2.26. The average molecular weight is 231 g/mol. The van der Waals surface area contributed by atoms with E-state index < -0.39 is 0 Å². The zero-order valence-corrected chi connectivity index (χ0v) is 10.9. The highest BCUT2D eigenvalue weighted by molar-refractivity contribution is 5.98. The van der Waals surface area contributed by atoms with Crippen molar-refractivity contribution in [3.63, 3.8) is 0 Å². The van der Waals surface area contributed by atoms with Crippen LogP contribution >= 0.6 is 0 Å². The largest absolute Gasteiger partial charge is 0.294 e. The molecule has 0 N–H and O–H groups in total. The molecule has 0 aromatic carbocycles. The van der Waals surface area contributed by atoms with Gasteiger partial charge in [-0.3, -0.25) is 9.78 Å². The molecule has 0 aliphatic heterocycles. The zero-order valence-electron chi connectivity index (χ0n) is 10.9. The van der Waals surface area contributed by atoms with Gasteiger partial charge in [-0.15, -0.1) is 0 Å². The minimum Gasteiger partial charge on any atom is -0.294 e. The maximum Gasteiger partial charge on any atom is 0.167 e. The molecule has 0 spiro atoms. The van der Waals surface area contributed by atoms with Crippen LogP contribution in [0.1, 0.15) is 49.2 Å². The molecule has 2 unspecified atom stereocenters. The van der Waals surface area contributed by atoms with Gasteiger partial charge in [0, 0.05) is 23.4 Å². The molecule has 1 fully saturated rings. The maximum absolute atomic E-state index is 12.5. The van der Waals surface area contributed by atoms with Crippen LogP contribution in [0, 0.1) is 24.7 Å². The van der Waals surface area contributed by atoms with Crippen molar-refractivity contribution in [2.45, 2.75) is 40.0 Å². The molecular formula is C15H21NO. The third-order valence-electron chi connectivity index (χ3n) is 3.82. The Hall–Kier alpha value is -1.18. The second-order valence-corrected chi connectivity index (χ2v) is 5.61. The van der Waals surface area contributed by atoms with Crippen LogP contribution in [0.4, 0.5) is 0 Å². The molecule has 0 radical (unpaired) electrons. The highest BCUT2D eigenvalue weighted by atomic mass is 16.1. The van der Waals surface area contributed by atoms with Crippen molar-refractivity contribution < 1.29 is 4.79 Å². The SMILES string of the molecule is Cc1ncccc1C(=O)C1CC(C)CC(C)C1. The monoisotopic (exact) mass is 231 g/mol. The summed E-state index contributed by atoms with van der Waals surface area (Å²) in [5.74, 6) is 1.85. The van der Waals surface area contributed by atoms with Crippen LogP contribution in [-0.4, -0.2) is 10.8 Å². The first-order valence-electron chi connectivity index (χ1n) is 6.53. The first-order valence-corrected chi connectivity index (χ1v) is 6.53. The van der Waals surface area contributed by atoms with Crippen molar-refractivity contribution in [1.29, 1.82) is 0 Å². The van der Waals surface area contributed by atoms with Gasteiger partial charge in [-0.25, -0.2) is 0 Å². The number of aromatic nitrogens is 1. The van der Waals surface area contributed by atoms with Crippen molar-refractivity contribution in [3.05, 3.63) is 29.6 Å². The smallest absolute Gasteiger partial charge is 0.167 e. The van der Waals surface area contributed by atoms with Gasteiger partial charge in [-0.2, -0.15) is 0 Å². The molecule has 1 heterocycles. The highest BCUT2D eigenvalue weighted by Gasteiger charge is 2.30. The minimum atomic E-state index is 0.205. The Morgan fingerprint density at radius 2 is 1.88 bits per heavy atom. The molecule has 1 aliphatic rings. The first-order chi connectivity index (χ1) is 8.08. The van der Waals surface area contributed by atoms with Gasteiger partial charge in [-0.05, 0) is 50.2 Å². The summed E-state index contributed by atoms with van der Waals surface area (Å²) < 4.78 is 0. The maximum atomic E-state index is 12.5. The van der Waals surface area contributed by atoms with Gasteiger partial charge in [0.25, 0.3) is 0 Å². The Kier molecular flexibility index (Phi) is 3.60. The summed E-state index contributed by atoms with van der Waals surface area (Å²) in [4.78, 5) is 16.7. The summed E-state index contributed by atoms with van der Waals surface area (Å²) in [5, 5.41) is 0. The van der Waals surface area contributed by atoms with Crippen LogP contribution in [-0.2, 0) is 0 Å². The third kappa shape index (κ3) is 2.74. The number of ketones is 1. The van der Waals surface area contributed by atoms with E-state index in [-0.39, 0.29) is 5.92 Å². The Balaban J connectivity index is 2.17. The van der Waals surface area contributed by atoms with E-state index in [9.17, 15) is 4.79 Å². The lowest BCUT2D eigenvalue weighted by atomic mass is 9.74. The predicted molar refractivity (Wildman–Crippen MR) is 69.0 cm³/mol. The summed E-state index contributed by atoms with van der Waals surface area (Å²) in [5.41, 5.74) is 1.68. The molecule has 92 valence electrons. The molecular weight excluding hydrogens is 210 g/mol. The Morgan fingerprint density at radius 1 is 1.24 bits per heavy atom. The van der Waals surface area contributed by atoms with Crippen LogP contribution in [0.2, 0.25) is 0 Å². The van der Waals surface area contributed by atoms with E-state index in [1.807, 2.05) is 19.1 Å². The van der Waals surface area contributed by atoms with Gasteiger partial charge in [0.2, 0.25) is 0 Å². The van der Waals surface area contributed by atoms with E-state index in [1.54, 1.807) is 6.20 Å². The number of nitrogens with zero attached hydrogens (tertiary/aromatic N) is 1. The lowest BCUT2D eigenvalue weighted by Gasteiger charge is -2.30. The van der Waals surface area contributed by atoms with Crippen molar-refractivity contribution >= 4 is 5.78 Å². The van der Waals surface area contributed by atoms with Crippen LogP contribution in [0.15, 0.2) is 18.3 Å². The van der Waals surface area contributed by atoms with Crippen LogP contribution in [0.25, 0.3) is 0 Å². The average Bonchev–Trinajstić information content (AvgIpc) is 2.27. The van der Waals surface area contributed by atoms with Crippen molar-refractivity contribution in [3.8, 4) is 0 Å². The van der Waals surface area contributed by atoms with Crippen molar-refractivity contribution in [1.82, 2.24) is 4.98 Å². The predicted octanol–water partition coefficient (Wildman–Crippen LogP) is 3.65. The Morgan fingerprint density at radius 3 is 2.47 bits per heavy atom. The number of rotatable bonds is 2. The van der Waals surface area contributed by atoms with Gasteiger partial charge in [-0.1, -0.05) is 13.8 Å². The normalized spacial score (nSPS) is 29.0. The molecule has 0 amide bonds. The Labute approximate surface area is 103 Å². The summed E-state index contributed by atoms with van der Waals surface area (Å²) in [6.07, 6.45) is 5.09. The number of hydrogen-bond acceptors (Lipinski definition) is 2. The van der Waals surface area contributed by atoms with Crippen LogP contribution < -0.4 is 0 Å². The topological polar surface area (TPSA) is 30.0 Å². The van der Waals surface area contributed by atoms with E-state index in [0.29, 0.717) is 17.6 Å². The van der Waals surface area contributed by atoms with Crippen LogP contribution in [0.3, 0.4) is 0 Å². The number of carbonyl (C=O) groups excluding carboxylic acids is 1. The van der Waals surface area contributed by atoms with Crippen molar-refractivity contribution in [2.24, 2.45) is 17.8 Å². The van der Waals surface area contributed by atoms with Gasteiger partial charge >= 0.3 is 0 Å². The molecule has 1 aliphatic carbocycles. The second-order valence-electron chi connectivity index (χ2n) is 5.61. The third-order valence-corrected chi connectivity index (χ3v) is 3.82. The van der Waals surface area contributed by atoms with E-state index in [2.05, 4.69) is 18.8 Å². The molecule has 0 bridgehead atoms. The molecule has 1 aromatic heterocycles. The summed E-state index contributed by atoms with van der Waals surface area (Å²) in [7, 11) is 0. The van der Waals surface area contributed by atoms with E-state index in [1.165, 1.54) is 6.42 Å². The number of aryl methyl sites for hydroxylation is 1. The van der Waals surface area contributed by atoms with Gasteiger partial charge in [0.15, 0.2) is 5.78 Å². The fourth-order valence-electron chi connectivity index (χ4n) is 3.13. The molecule has 1 aromatic rings. The van der Waals surface area contributed by atoms with Crippen molar-refractivity contribution in [2.75, 3.05) is 0 Å². The molecule has 2 atom stereocenters. The van der Waals surface area contributed by atoms with Gasteiger partial charge in [0.1, 0.15) is 0 Å². The highest BCUT2D eigenvalue weighted by Crippen LogP contribution is 2.34. The summed E-state index contributed by atoms with van der Waals surface area (Å²) in [6.45, 7) is 6.43.